The van der Waals surface area contributed by atoms with Gasteiger partial charge in [0.05, 0.1) is 11.1 Å². The van der Waals surface area contributed by atoms with Crippen molar-refractivity contribution in [1.82, 2.24) is 0 Å². The molecule has 0 fully saturated rings. The topological polar surface area (TPSA) is 121 Å². The van der Waals surface area contributed by atoms with Gasteiger partial charge in [-0.05, 0) is 48.0 Å². The molecular weight excluding hydrogens is 398 g/mol. The standard InChI is InChI=1S/C24H17NO6/c26-21(13-6-15-4-2-1-3-5-15)25-18-10-7-16(8-11-18)22(27)17-9-12-19(23(28)29)20(14-17)24(30)31/h1-14H,(H,25,26)(H,28,29)(H,30,31)/b13-6+. The third-order valence-electron chi connectivity index (χ3n) is 4.38. The van der Waals surface area contributed by atoms with E-state index in [0.717, 1.165) is 17.7 Å². The Bertz CT molecular complexity index is 1180. The van der Waals surface area contributed by atoms with Crippen LogP contribution in [-0.4, -0.2) is 33.8 Å². The molecule has 7 nitrogen and oxygen atoms in total. The maximum atomic E-state index is 12.7. The summed E-state index contributed by atoms with van der Waals surface area (Å²) in [6.07, 6.45) is 3.07. The number of benzene rings is 3. The first-order valence-corrected chi connectivity index (χ1v) is 9.14. The van der Waals surface area contributed by atoms with E-state index in [1.54, 1.807) is 18.2 Å². The molecule has 0 spiro atoms. The van der Waals surface area contributed by atoms with E-state index in [1.807, 2.05) is 30.3 Å². The number of rotatable bonds is 7. The summed E-state index contributed by atoms with van der Waals surface area (Å²) in [5, 5.41) is 21.0. The molecule has 0 aromatic heterocycles. The van der Waals surface area contributed by atoms with Crippen molar-refractivity contribution in [2.75, 3.05) is 5.32 Å². The third kappa shape index (κ3) is 5.30. The molecular formula is C24H17NO6. The first kappa shape index (κ1) is 21.2. The summed E-state index contributed by atoms with van der Waals surface area (Å²) in [4.78, 5) is 47.2. The molecule has 3 aromatic carbocycles. The summed E-state index contributed by atoms with van der Waals surface area (Å²) < 4.78 is 0. The summed E-state index contributed by atoms with van der Waals surface area (Å²) in [6, 6.07) is 18.8. The second-order valence-electron chi connectivity index (χ2n) is 6.51. The number of nitrogens with one attached hydrogen (secondary N) is 1. The number of carbonyl (C=O) groups is 4. The molecule has 3 rings (SSSR count). The Morgan fingerprint density at radius 1 is 0.710 bits per heavy atom. The molecule has 3 N–H and O–H groups in total. The van der Waals surface area contributed by atoms with Crippen LogP contribution in [0.4, 0.5) is 5.69 Å². The summed E-state index contributed by atoms with van der Waals surface area (Å²) in [7, 11) is 0. The third-order valence-corrected chi connectivity index (χ3v) is 4.38. The van der Waals surface area contributed by atoms with Crippen molar-refractivity contribution in [1.29, 1.82) is 0 Å². The van der Waals surface area contributed by atoms with Crippen molar-refractivity contribution in [2.45, 2.75) is 0 Å². The summed E-state index contributed by atoms with van der Waals surface area (Å²) in [5.74, 6) is -3.63. The van der Waals surface area contributed by atoms with Gasteiger partial charge in [-0.25, -0.2) is 9.59 Å². The predicted octanol–water partition coefficient (Wildman–Crippen LogP) is 3.97. The number of anilines is 1. The zero-order valence-electron chi connectivity index (χ0n) is 16.1. The van der Waals surface area contributed by atoms with Crippen molar-refractivity contribution in [3.8, 4) is 0 Å². The molecule has 0 radical (unpaired) electrons. The van der Waals surface area contributed by atoms with Crippen molar-refractivity contribution < 1.29 is 29.4 Å². The fraction of sp³-hybridized carbons (Fsp3) is 0. The number of hydrogen-bond acceptors (Lipinski definition) is 4. The average molecular weight is 415 g/mol. The highest BCUT2D eigenvalue weighted by molar-refractivity contribution is 6.11. The van der Waals surface area contributed by atoms with E-state index >= 15 is 0 Å². The minimum absolute atomic E-state index is 0.0463. The Kier molecular flexibility index (Phi) is 6.37. The number of hydrogen-bond donors (Lipinski definition) is 3. The molecule has 0 saturated carbocycles. The van der Waals surface area contributed by atoms with E-state index in [4.69, 9.17) is 5.11 Å². The van der Waals surface area contributed by atoms with Crippen molar-refractivity contribution in [3.63, 3.8) is 0 Å². The van der Waals surface area contributed by atoms with E-state index in [2.05, 4.69) is 5.32 Å². The number of carbonyl (C=O) groups excluding carboxylic acids is 2. The highest BCUT2D eigenvalue weighted by Crippen LogP contribution is 2.18. The fourth-order valence-corrected chi connectivity index (χ4v) is 2.84. The van der Waals surface area contributed by atoms with Crippen molar-refractivity contribution in [3.05, 3.63) is 107 Å². The molecule has 154 valence electrons. The molecule has 0 unspecified atom stereocenters. The van der Waals surface area contributed by atoms with Gasteiger partial charge in [-0.3, -0.25) is 9.59 Å². The second kappa shape index (κ2) is 9.32. The van der Waals surface area contributed by atoms with Gasteiger partial charge in [0.25, 0.3) is 0 Å². The molecule has 3 aromatic rings. The van der Waals surface area contributed by atoms with E-state index in [9.17, 15) is 24.3 Å². The van der Waals surface area contributed by atoms with Crippen LogP contribution >= 0.6 is 0 Å². The van der Waals surface area contributed by atoms with Gasteiger partial charge in [0.15, 0.2) is 5.78 Å². The molecule has 7 heteroatoms. The van der Waals surface area contributed by atoms with Gasteiger partial charge in [-0.2, -0.15) is 0 Å². The molecule has 0 heterocycles. The molecule has 31 heavy (non-hydrogen) atoms. The Labute approximate surface area is 177 Å². The van der Waals surface area contributed by atoms with Gasteiger partial charge >= 0.3 is 11.9 Å². The van der Waals surface area contributed by atoms with Gasteiger partial charge in [0.1, 0.15) is 0 Å². The predicted molar refractivity (Wildman–Crippen MR) is 114 cm³/mol. The normalized spacial score (nSPS) is 10.6. The highest BCUT2D eigenvalue weighted by atomic mass is 16.4. The summed E-state index contributed by atoms with van der Waals surface area (Å²) in [5.41, 5.74) is 0.806. The lowest BCUT2D eigenvalue weighted by molar-refractivity contribution is -0.111. The monoisotopic (exact) mass is 415 g/mol. The Morgan fingerprint density at radius 2 is 1.32 bits per heavy atom. The lowest BCUT2D eigenvalue weighted by Crippen LogP contribution is -2.11. The van der Waals surface area contributed by atoms with E-state index in [-0.39, 0.29) is 17.0 Å². The number of carboxylic acid groups (broad SMARTS) is 2. The quantitative estimate of drug-likeness (QED) is 0.397. The first-order valence-electron chi connectivity index (χ1n) is 9.14. The van der Waals surface area contributed by atoms with Crippen LogP contribution in [0.15, 0.2) is 78.9 Å². The Balaban J connectivity index is 1.72. The zero-order valence-corrected chi connectivity index (χ0v) is 16.1. The zero-order chi connectivity index (χ0) is 22.4. The van der Waals surface area contributed by atoms with Gasteiger partial charge in [0, 0.05) is 22.9 Å². The smallest absolute Gasteiger partial charge is 0.336 e. The van der Waals surface area contributed by atoms with Crippen LogP contribution < -0.4 is 5.32 Å². The highest BCUT2D eigenvalue weighted by Gasteiger charge is 2.19. The van der Waals surface area contributed by atoms with Gasteiger partial charge in [-0.15, -0.1) is 0 Å². The molecule has 0 bridgehead atoms. The number of aromatic carboxylic acids is 2. The molecule has 0 aliphatic rings. The summed E-state index contributed by atoms with van der Waals surface area (Å²) in [6.45, 7) is 0. The maximum Gasteiger partial charge on any atom is 0.336 e. The molecule has 0 aliphatic heterocycles. The fourth-order valence-electron chi connectivity index (χ4n) is 2.84. The van der Waals surface area contributed by atoms with E-state index in [0.29, 0.717) is 5.69 Å². The number of ketones is 1. The lowest BCUT2D eigenvalue weighted by Gasteiger charge is -2.07. The minimum atomic E-state index is -1.44. The number of carboxylic acids is 2. The van der Waals surface area contributed by atoms with Crippen LogP contribution in [0.5, 0.6) is 0 Å². The van der Waals surface area contributed by atoms with Gasteiger partial charge in [0.2, 0.25) is 5.91 Å². The molecule has 1 amide bonds. The second-order valence-corrected chi connectivity index (χ2v) is 6.51. The van der Waals surface area contributed by atoms with E-state index < -0.39 is 28.8 Å². The minimum Gasteiger partial charge on any atom is -0.478 e. The molecule has 0 saturated heterocycles. The van der Waals surface area contributed by atoms with E-state index in [1.165, 1.54) is 24.3 Å². The van der Waals surface area contributed by atoms with Crippen LogP contribution in [-0.2, 0) is 4.79 Å². The van der Waals surface area contributed by atoms with Gasteiger partial charge < -0.3 is 15.5 Å². The van der Waals surface area contributed by atoms with Crippen LogP contribution in [0, 0.1) is 0 Å². The van der Waals surface area contributed by atoms with Crippen molar-refractivity contribution in [2.24, 2.45) is 0 Å². The Morgan fingerprint density at radius 3 is 1.94 bits per heavy atom. The summed E-state index contributed by atoms with van der Waals surface area (Å²) >= 11 is 0. The first-order chi connectivity index (χ1) is 14.8. The SMILES string of the molecule is O=C(/C=C/c1ccccc1)Nc1ccc(C(=O)c2ccc(C(=O)O)c(C(=O)O)c2)cc1. The lowest BCUT2D eigenvalue weighted by atomic mass is 9.98. The average Bonchev–Trinajstić information content (AvgIpc) is 2.78. The van der Waals surface area contributed by atoms with Crippen LogP contribution in [0.3, 0.4) is 0 Å². The molecule has 0 aliphatic carbocycles. The van der Waals surface area contributed by atoms with Crippen LogP contribution in [0.25, 0.3) is 6.08 Å². The molecule has 0 atom stereocenters. The Hall–Kier alpha value is -4.52. The largest absolute Gasteiger partial charge is 0.478 e. The van der Waals surface area contributed by atoms with Crippen molar-refractivity contribution >= 4 is 35.4 Å². The van der Waals surface area contributed by atoms with Crippen LogP contribution in [0.1, 0.15) is 42.2 Å². The van der Waals surface area contributed by atoms with Gasteiger partial charge in [-0.1, -0.05) is 36.4 Å². The maximum absolute atomic E-state index is 12.7. The van der Waals surface area contributed by atoms with Crippen LogP contribution in [0.2, 0.25) is 0 Å². The number of amides is 1.